The van der Waals surface area contributed by atoms with Crippen LogP contribution < -0.4 is 0 Å². The summed E-state index contributed by atoms with van der Waals surface area (Å²) >= 11 is 1.68. The van der Waals surface area contributed by atoms with E-state index in [0.717, 1.165) is 11.3 Å². The second-order valence-corrected chi connectivity index (χ2v) is 4.94. The first-order valence-electron chi connectivity index (χ1n) is 5.02. The van der Waals surface area contributed by atoms with E-state index in [-0.39, 0.29) is 0 Å². The molecule has 3 nitrogen and oxygen atoms in total. The Kier molecular flexibility index (Phi) is 2.86. The molecular weight excluding hydrogens is 208 g/mol. The van der Waals surface area contributed by atoms with E-state index < -0.39 is 0 Å². The average Bonchev–Trinajstić information content (AvgIpc) is 2.76. The maximum Gasteiger partial charge on any atom is 0.267 e. The maximum absolute atomic E-state index is 5.07. The molecule has 0 aromatic carbocycles. The summed E-state index contributed by atoms with van der Waals surface area (Å²) in [6.07, 6.45) is 2.55. The van der Waals surface area contributed by atoms with E-state index in [0.29, 0.717) is 11.8 Å². The molecular formula is C11H14N2OS. The Bertz CT molecular complexity index is 431. The van der Waals surface area contributed by atoms with Gasteiger partial charge in [-0.15, -0.1) is 11.3 Å². The van der Waals surface area contributed by atoms with E-state index in [2.05, 4.69) is 36.3 Å². The molecule has 2 aromatic heterocycles. The topological polar surface area (TPSA) is 38.9 Å². The molecule has 0 aliphatic heterocycles. The first kappa shape index (κ1) is 10.4. The second-order valence-electron chi connectivity index (χ2n) is 4.06. The van der Waals surface area contributed by atoms with Crippen molar-refractivity contribution in [2.24, 2.45) is 5.92 Å². The number of hydrogen-bond donors (Lipinski definition) is 0. The number of thiophene rings is 1. The summed E-state index contributed by atoms with van der Waals surface area (Å²) in [7, 11) is 0. The van der Waals surface area contributed by atoms with Gasteiger partial charge in [-0.25, -0.2) is 0 Å². The van der Waals surface area contributed by atoms with Crippen molar-refractivity contribution in [3.05, 3.63) is 22.8 Å². The van der Waals surface area contributed by atoms with E-state index in [1.807, 2.05) is 0 Å². The van der Waals surface area contributed by atoms with Gasteiger partial charge < -0.3 is 4.52 Å². The summed E-state index contributed by atoms with van der Waals surface area (Å²) in [6.45, 7) is 6.57. The summed E-state index contributed by atoms with van der Waals surface area (Å²) in [5, 5.41) is 5.82. The van der Waals surface area contributed by atoms with Crippen molar-refractivity contribution < 1.29 is 4.52 Å². The largest absolute Gasteiger partial charge is 0.333 e. The summed E-state index contributed by atoms with van der Waals surface area (Å²) in [4.78, 5) is 5.17. The van der Waals surface area contributed by atoms with Crippen molar-refractivity contribution >= 4 is 11.3 Å². The minimum Gasteiger partial charge on any atom is -0.333 e. The number of hydrogen-bond acceptors (Lipinski definition) is 4. The number of nitrogens with zero attached hydrogens (tertiary/aromatic N) is 2. The van der Waals surface area contributed by atoms with Gasteiger partial charge in [0.2, 0.25) is 0 Å². The molecule has 0 bridgehead atoms. The minimum atomic E-state index is 0.632. The standard InChI is InChI=1S/C11H14N2OS/c1-7(2)4-9-5-15-10(8(9)3)11-12-6-13-14-11/h5-7H,4H2,1-3H3. The van der Waals surface area contributed by atoms with Gasteiger partial charge in [0.05, 0.1) is 4.88 Å². The maximum atomic E-state index is 5.07. The highest BCUT2D eigenvalue weighted by Gasteiger charge is 2.13. The van der Waals surface area contributed by atoms with Crippen molar-refractivity contribution in [3.8, 4) is 10.8 Å². The summed E-state index contributed by atoms with van der Waals surface area (Å²) in [5.74, 6) is 1.31. The van der Waals surface area contributed by atoms with Crippen LogP contribution >= 0.6 is 11.3 Å². The van der Waals surface area contributed by atoms with Crippen LogP contribution in [-0.4, -0.2) is 10.1 Å². The third kappa shape index (κ3) is 2.09. The molecule has 80 valence electrons. The number of rotatable bonds is 3. The monoisotopic (exact) mass is 222 g/mol. The lowest BCUT2D eigenvalue weighted by atomic mass is 10.0. The van der Waals surface area contributed by atoms with Crippen LogP contribution in [0.2, 0.25) is 0 Å². The predicted molar refractivity (Wildman–Crippen MR) is 60.9 cm³/mol. The van der Waals surface area contributed by atoms with Crippen LogP contribution in [0.1, 0.15) is 25.0 Å². The predicted octanol–water partition coefficient (Wildman–Crippen LogP) is 3.31. The fourth-order valence-electron chi connectivity index (χ4n) is 1.58. The van der Waals surface area contributed by atoms with Crippen LogP contribution in [0.3, 0.4) is 0 Å². The molecule has 0 fully saturated rings. The third-order valence-corrected chi connectivity index (χ3v) is 3.44. The van der Waals surface area contributed by atoms with Crippen molar-refractivity contribution in [3.63, 3.8) is 0 Å². The zero-order chi connectivity index (χ0) is 10.8. The highest BCUT2D eigenvalue weighted by molar-refractivity contribution is 7.13. The van der Waals surface area contributed by atoms with E-state index in [1.54, 1.807) is 11.3 Å². The lowest BCUT2D eigenvalue weighted by molar-refractivity contribution is 0.430. The quantitative estimate of drug-likeness (QED) is 0.799. The van der Waals surface area contributed by atoms with Crippen LogP contribution in [0.4, 0.5) is 0 Å². The molecule has 0 amide bonds. The lowest BCUT2D eigenvalue weighted by Crippen LogP contribution is -1.94. The summed E-state index contributed by atoms with van der Waals surface area (Å²) < 4.78 is 5.07. The minimum absolute atomic E-state index is 0.632. The molecule has 0 unspecified atom stereocenters. The van der Waals surface area contributed by atoms with Crippen molar-refractivity contribution in [2.75, 3.05) is 0 Å². The average molecular weight is 222 g/mol. The zero-order valence-corrected chi connectivity index (χ0v) is 9.97. The van der Waals surface area contributed by atoms with E-state index >= 15 is 0 Å². The Hall–Kier alpha value is -1.16. The van der Waals surface area contributed by atoms with Crippen LogP contribution in [0.5, 0.6) is 0 Å². The van der Waals surface area contributed by atoms with Gasteiger partial charge in [-0.1, -0.05) is 19.0 Å². The van der Waals surface area contributed by atoms with Crippen LogP contribution in [0, 0.1) is 12.8 Å². The number of aromatic nitrogens is 2. The van der Waals surface area contributed by atoms with E-state index in [9.17, 15) is 0 Å². The molecule has 0 aliphatic rings. The molecule has 0 aliphatic carbocycles. The third-order valence-electron chi connectivity index (χ3n) is 2.33. The molecule has 4 heteroatoms. The molecule has 15 heavy (non-hydrogen) atoms. The molecule has 2 aromatic rings. The normalized spacial score (nSPS) is 11.2. The van der Waals surface area contributed by atoms with Gasteiger partial charge in [-0.2, -0.15) is 4.98 Å². The molecule has 0 saturated heterocycles. The fourth-order valence-corrected chi connectivity index (χ4v) is 2.61. The van der Waals surface area contributed by atoms with Crippen molar-refractivity contribution in [1.29, 1.82) is 0 Å². The Morgan fingerprint density at radius 3 is 2.87 bits per heavy atom. The Labute approximate surface area is 93.1 Å². The Morgan fingerprint density at radius 2 is 2.27 bits per heavy atom. The molecule has 2 heterocycles. The smallest absolute Gasteiger partial charge is 0.267 e. The van der Waals surface area contributed by atoms with E-state index in [1.165, 1.54) is 17.5 Å². The molecule has 0 spiro atoms. The highest BCUT2D eigenvalue weighted by Crippen LogP contribution is 2.31. The molecule has 2 rings (SSSR count). The highest BCUT2D eigenvalue weighted by atomic mass is 32.1. The van der Waals surface area contributed by atoms with Crippen molar-refractivity contribution in [2.45, 2.75) is 27.2 Å². The molecule has 0 saturated carbocycles. The van der Waals surface area contributed by atoms with Crippen LogP contribution in [-0.2, 0) is 6.42 Å². The summed E-state index contributed by atoms with van der Waals surface area (Å²) in [6, 6.07) is 0. The SMILES string of the molecule is Cc1c(CC(C)C)csc1-c1ncno1. The van der Waals surface area contributed by atoms with Gasteiger partial charge in [0.1, 0.15) is 0 Å². The molecule has 0 radical (unpaired) electrons. The van der Waals surface area contributed by atoms with Gasteiger partial charge in [-0.3, -0.25) is 0 Å². The molecule has 0 N–H and O–H groups in total. The van der Waals surface area contributed by atoms with Gasteiger partial charge in [0.25, 0.3) is 5.89 Å². The lowest BCUT2D eigenvalue weighted by Gasteiger charge is -2.03. The first-order valence-corrected chi connectivity index (χ1v) is 5.90. The second kappa shape index (κ2) is 4.14. The van der Waals surface area contributed by atoms with Gasteiger partial charge in [0.15, 0.2) is 6.33 Å². The van der Waals surface area contributed by atoms with Crippen molar-refractivity contribution in [1.82, 2.24) is 10.1 Å². The van der Waals surface area contributed by atoms with Gasteiger partial charge >= 0.3 is 0 Å². The van der Waals surface area contributed by atoms with Crippen LogP contribution in [0.15, 0.2) is 16.2 Å². The van der Waals surface area contributed by atoms with Gasteiger partial charge in [0, 0.05) is 0 Å². The Morgan fingerprint density at radius 1 is 1.47 bits per heavy atom. The van der Waals surface area contributed by atoms with E-state index in [4.69, 9.17) is 4.52 Å². The van der Waals surface area contributed by atoms with Gasteiger partial charge in [-0.05, 0) is 35.8 Å². The van der Waals surface area contributed by atoms with Crippen LogP contribution in [0.25, 0.3) is 10.8 Å². The fraction of sp³-hybridized carbons (Fsp3) is 0.455. The zero-order valence-electron chi connectivity index (χ0n) is 9.15. The summed E-state index contributed by atoms with van der Waals surface area (Å²) in [5.41, 5.74) is 2.67. The Balaban J connectivity index is 2.32. The molecule has 0 atom stereocenters. The first-order chi connectivity index (χ1) is 7.18.